The van der Waals surface area contributed by atoms with Gasteiger partial charge in [0.15, 0.2) is 11.2 Å². The van der Waals surface area contributed by atoms with Crippen molar-refractivity contribution in [2.75, 3.05) is 4.90 Å². The quantitative estimate of drug-likeness (QED) is 0.156. The summed E-state index contributed by atoms with van der Waals surface area (Å²) in [4.78, 5) is 12.5. The van der Waals surface area contributed by atoms with E-state index in [1.807, 2.05) is 0 Å². The molecule has 0 saturated carbocycles. The molecule has 0 amide bonds. The minimum Gasteiger partial charge on any atom is -0.435 e. The number of hydrogen-bond acceptors (Lipinski definition) is 5. The molecule has 312 valence electrons. The molecule has 0 N–H and O–H groups in total. The maximum Gasteiger partial charge on any atom is 0.227 e. The summed E-state index contributed by atoms with van der Waals surface area (Å²) in [5.74, 6) is 1.18. The van der Waals surface area contributed by atoms with Crippen LogP contribution in [-0.2, 0) is 0 Å². The highest BCUT2D eigenvalue weighted by molar-refractivity contribution is 6.24. The Bertz CT molecular complexity index is 3940. The third kappa shape index (κ3) is 6.02. The van der Waals surface area contributed by atoms with Gasteiger partial charge in [-0.15, -0.1) is 0 Å². The third-order valence-corrected chi connectivity index (χ3v) is 13.5. The topological polar surface area (TPSA) is 55.3 Å². The van der Waals surface area contributed by atoms with Crippen molar-refractivity contribution in [1.29, 1.82) is 0 Å². The van der Waals surface area contributed by atoms with E-state index in [0.29, 0.717) is 11.8 Å². The second-order valence-corrected chi connectivity index (χ2v) is 17.3. The Kier molecular flexibility index (Phi) is 8.21. The lowest BCUT2D eigenvalue weighted by molar-refractivity contribution is 0.622. The van der Waals surface area contributed by atoms with Crippen LogP contribution in [0.4, 0.5) is 17.1 Å². The molecule has 0 fully saturated rings. The van der Waals surface area contributed by atoms with E-state index in [1.165, 1.54) is 38.1 Å². The van der Waals surface area contributed by atoms with Crippen LogP contribution in [0.5, 0.6) is 0 Å². The fourth-order valence-corrected chi connectivity index (χ4v) is 10.2. The van der Waals surface area contributed by atoms with Crippen LogP contribution in [0.2, 0.25) is 0 Å². The Morgan fingerprint density at radius 2 is 0.612 bits per heavy atom. The smallest absolute Gasteiger partial charge is 0.227 e. The van der Waals surface area contributed by atoms with Crippen LogP contribution in [0, 0.1) is 0 Å². The predicted molar refractivity (Wildman–Crippen MR) is 278 cm³/mol. The number of nitrogens with zero attached hydrogens (tertiary/aromatic N) is 3. The van der Waals surface area contributed by atoms with Gasteiger partial charge in [0, 0.05) is 49.7 Å². The summed E-state index contributed by atoms with van der Waals surface area (Å²) in [5.41, 5.74) is 10.6. The molecule has 0 aliphatic carbocycles. The minimum absolute atomic E-state index is 0.589. The number of hydrogen-bond donors (Lipinski definition) is 0. The minimum atomic E-state index is 0.589. The van der Waals surface area contributed by atoms with Gasteiger partial charge in [0.1, 0.15) is 11.0 Å². The van der Waals surface area contributed by atoms with Crippen molar-refractivity contribution in [2.45, 2.75) is 0 Å². The second-order valence-electron chi connectivity index (χ2n) is 17.3. The van der Waals surface area contributed by atoms with Crippen molar-refractivity contribution in [3.63, 3.8) is 0 Å². The van der Waals surface area contributed by atoms with Crippen LogP contribution in [0.15, 0.2) is 233 Å². The highest BCUT2D eigenvalue weighted by Gasteiger charge is 2.20. The second kappa shape index (κ2) is 14.7. The predicted octanol–water partition coefficient (Wildman–Crippen LogP) is 17.4. The number of anilines is 3. The maximum absolute atomic E-state index is 6.64. The number of fused-ring (bicyclic) bond motifs is 14. The molecule has 5 heteroatoms. The van der Waals surface area contributed by atoms with E-state index in [0.717, 1.165) is 88.1 Å². The van der Waals surface area contributed by atoms with Gasteiger partial charge in [-0.1, -0.05) is 152 Å². The fraction of sp³-hybridized carbons (Fsp3) is 0. The van der Waals surface area contributed by atoms with Crippen LogP contribution >= 0.6 is 0 Å². The molecule has 12 aromatic carbocycles. The van der Waals surface area contributed by atoms with Crippen molar-refractivity contribution in [2.24, 2.45) is 0 Å². The molecule has 14 aromatic rings. The molecule has 14 rings (SSSR count). The van der Waals surface area contributed by atoms with Crippen molar-refractivity contribution < 1.29 is 8.83 Å². The Labute approximate surface area is 384 Å². The highest BCUT2D eigenvalue weighted by Crippen LogP contribution is 2.42. The zero-order valence-electron chi connectivity index (χ0n) is 36.0. The van der Waals surface area contributed by atoms with Gasteiger partial charge in [0.25, 0.3) is 0 Å². The molecule has 0 atom stereocenters. The lowest BCUT2D eigenvalue weighted by Gasteiger charge is -2.26. The summed E-state index contributed by atoms with van der Waals surface area (Å²) in [5, 5.41) is 13.7. The normalized spacial score (nSPS) is 11.9. The highest BCUT2D eigenvalue weighted by atomic mass is 16.4. The molecule has 0 radical (unpaired) electrons. The Hall–Kier alpha value is -9.06. The molecule has 2 heterocycles. The molecule has 0 aliphatic heterocycles. The van der Waals surface area contributed by atoms with Crippen molar-refractivity contribution in [3.8, 4) is 34.0 Å². The first-order chi connectivity index (χ1) is 33.2. The lowest BCUT2D eigenvalue weighted by Crippen LogP contribution is -2.09. The average molecular weight is 856 g/mol. The molecule has 5 nitrogen and oxygen atoms in total. The van der Waals surface area contributed by atoms with E-state index in [9.17, 15) is 0 Å². The van der Waals surface area contributed by atoms with Gasteiger partial charge in [-0.2, -0.15) is 0 Å². The van der Waals surface area contributed by atoms with Gasteiger partial charge in [-0.3, -0.25) is 0 Å². The average Bonchev–Trinajstić information content (AvgIpc) is 4.07. The molecule has 2 aromatic heterocycles. The summed E-state index contributed by atoms with van der Waals surface area (Å²) in [7, 11) is 0. The number of oxazole rings is 2. The first-order valence-electron chi connectivity index (χ1n) is 22.6. The number of aromatic nitrogens is 2. The van der Waals surface area contributed by atoms with Crippen molar-refractivity contribution in [3.05, 3.63) is 224 Å². The molecular formula is C62H37N3O2. The molecule has 0 unspecified atom stereocenters. The Morgan fingerprint density at radius 3 is 1.12 bits per heavy atom. The summed E-state index contributed by atoms with van der Waals surface area (Å²) in [6.07, 6.45) is 0. The Balaban J connectivity index is 0.872. The van der Waals surface area contributed by atoms with E-state index < -0.39 is 0 Å². The van der Waals surface area contributed by atoms with E-state index in [1.54, 1.807) is 0 Å². The zero-order chi connectivity index (χ0) is 44.0. The van der Waals surface area contributed by atoms with Crippen LogP contribution in [-0.4, -0.2) is 9.97 Å². The number of rotatable bonds is 6. The molecule has 0 spiro atoms. The van der Waals surface area contributed by atoms with Gasteiger partial charge in [-0.25, -0.2) is 9.97 Å². The largest absolute Gasteiger partial charge is 0.435 e. The van der Waals surface area contributed by atoms with Gasteiger partial charge in [0.05, 0.1) is 0 Å². The summed E-state index contributed by atoms with van der Waals surface area (Å²) in [6, 6.07) is 79.4. The first kappa shape index (κ1) is 37.3. The monoisotopic (exact) mass is 855 g/mol. The van der Waals surface area contributed by atoms with Crippen molar-refractivity contribution >= 4 is 104 Å². The third-order valence-electron chi connectivity index (χ3n) is 13.5. The summed E-state index contributed by atoms with van der Waals surface area (Å²) >= 11 is 0. The Morgan fingerprint density at radius 1 is 0.269 bits per heavy atom. The van der Waals surface area contributed by atoms with Crippen LogP contribution in [0.25, 0.3) is 121 Å². The first-order valence-corrected chi connectivity index (χ1v) is 22.6. The number of benzene rings is 12. The summed E-state index contributed by atoms with van der Waals surface area (Å²) in [6.45, 7) is 0. The molecule has 0 saturated heterocycles. The van der Waals surface area contributed by atoms with E-state index in [-0.39, 0.29) is 0 Å². The van der Waals surface area contributed by atoms with Crippen LogP contribution in [0.1, 0.15) is 0 Å². The van der Waals surface area contributed by atoms with E-state index in [2.05, 4.69) is 229 Å². The molecule has 0 bridgehead atoms. The molecule has 0 aliphatic rings. The van der Waals surface area contributed by atoms with E-state index in [4.69, 9.17) is 18.8 Å². The lowest BCUT2D eigenvalue weighted by atomic mass is 9.98. The fourth-order valence-electron chi connectivity index (χ4n) is 10.2. The van der Waals surface area contributed by atoms with Gasteiger partial charge < -0.3 is 13.7 Å². The van der Waals surface area contributed by atoms with Crippen molar-refractivity contribution in [1.82, 2.24) is 9.97 Å². The van der Waals surface area contributed by atoms with Gasteiger partial charge in [-0.05, 0) is 127 Å². The van der Waals surface area contributed by atoms with Crippen LogP contribution < -0.4 is 4.90 Å². The van der Waals surface area contributed by atoms with E-state index >= 15 is 0 Å². The molecular weight excluding hydrogens is 819 g/mol. The molecule has 67 heavy (non-hydrogen) atoms. The standard InChI is InChI=1S/C62H37N3O2/c1-2-12-41-35-42(22-21-38(41)11-1)43-23-24-45-37-48(34-29-44(45)36-43)65(46-30-25-39(26-31-46)61-63-57-53-17-7-3-13-49(53)51-15-5-9-19-55(51)59(57)66-61)47-32-27-40(28-33-47)62-64-58-54-18-8-4-14-50(54)52-16-6-10-20-56(52)60(58)67-62/h1-37H. The van der Waals surface area contributed by atoms with Crippen LogP contribution in [0.3, 0.4) is 0 Å². The maximum atomic E-state index is 6.64. The van der Waals surface area contributed by atoms with Gasteiger partial charge in [0.2, 0.25) is 11.8 Å². The SMILES string of the molecule is c1ccc2cc(-c3ccc4cc(N(c5ccc(-c6nc7c8ccccc8c8ccccc8c7o6)cc5)c5ccc(-c6nc7c8ccccc8c8ccccc8c7o6)cc5)ccc4c3)ccc2c1. The summed E-state index contributed by atoms with van der Waals surface area (Å²) < 4.78 is 13.3. The van der Waals surface area contributed by atoms with Gasteiger partial charge >= 0.3 is 0 Å². The zero-order valence-corrected chi connectivity index (χ0v) is 36.0.